The van der Waals surface area contributed by atoms with Crippen molar-refractivity contribution >= 4 is 11.8 Å². The molecule has 18 heavy (non-hydrogen) atoms. The molecule has 0 aliphatic carbocycles. The van der Waals surface area contributed by atoms with Crippen molar-refractivity contribution in [1.82, 2.24) is 10.8 Å². The number of benzene rings is 1. The maximum Gasteiger partial charge on any atom is 0.260 e. The number of nitrogens with two attached hydrogens (primary N) is 1. The zero-order valence-corrected chi connectivity index (χ0v) is 9.93. The molecule has 0 aromatic heterocycles. The lowest BCUT2D eigenvalue weighted by molar-refractivity contribution is -0.130. The van der Waals surface area contributed by atoms with E-state index in [1.807, 2.05) is 6.07 Å². The number of carbonyl (C=O) groups excluding carboxylic acids is 2. The van der Waals surface area contributed by atoms with Crippen molar-refractivity contribution in [2.45, 2.75) is 18.9 Å². The van der Waals surface area contributed by atoms with Gasteiger partial charge in [-0.05, 0) is 25.0 Å². The standard InChI is InChI=1S/C12H17N3O3/c13-10(12(17)15-18)7-4-8-14-11(16)9-5-2-1-3-6-9/h1-3,5-6,10,18H,4,7-8,13H2,(H,14,16)(H,15,17)/t10-/m0/s1. The fraction of sp³-hybridized carbons (Fsp3) is 0.333. The highest BCUT2D eigenvalue weighted by molar-refractivity contribution is 5.94. The Morgan fingerprint density at radius 1 is 1.28 bits per heavy atom. The van der Waals surface area contributed by atoms with Crippen molar-refractivity contribution in [2.24, 2.45) is 5.73 Å². The van der Waals surface area contributed by atoms with E-state index in [0.29, 0.717) is 24.9 Å². The van der Waals surface area contributed by atoms with Gasteiger partial charge in [0.15, 0.2) is 0 Å². The first-order valence-electron chi connectivity index (χ1n) is 5.68. The third-order valence-corrected chi connectivity index (χ3v) is 2.46. The molecule has 0 saturated heterocycles. The minimum Gasteiger partial charge on any atom is -0.352 e. The molecule has 0 bridgehead atoms. The molecule has 0 spiro atoms. The van der Waals surface area contributed by atoms with Crippen LogP contribution in [-0.4, -0.2) is 29.6 Å². The molecule has 0 radical (unpaired) electrons. The number of hydrogen-bond donors (Lipinski definition) is 4. The van der Waals surface area contributed by atoms with Crippen molar-refractivity contribution in [1.29, 1.82) is 0 Å². The van der Waals surface area contributed by atoms with Crippen molar-refractivity contribution < 1.29 is 14.8 Å². The molecule has 98 valence electrons. The van der Waals surface area contributed by atoms with E-state index in [1.165, 1.54) is 5.48 Å². The smallest absolute Gasteiger partial charge is 0.260 e. The van der Waals surface area contributed by atoms with Gasteiger partial charge in [0.25, 0.3) is 11.8 Å². The van der Waals surface area contributed by atoms with Crippen LogP contribution >= 0.6 is 0 Å². The van der Waals surface area contributed by atoms with E-state index in [-0.39, 0.29) is 5.91 Å². The lowest BCUT2D eigenvalue weighted by atomic mass is 10.1. The van der Waals surface area contributed by atoms with Crippen molar-refractivity contribution in [2.75, 3.05) is 6.54 Å². The minimum atomic E-state index is -0.761. The van der Waals surface area contributed by atoms with Gasteiger partial charge in [-0.3, -0.25) is 14.8 Å². The van der Waals surface area contributed by atoms with Crippen LogP contribution in [0.1, 0.15) is 23.2 Å². The van der Waals surface area contributed by atoms with Crippen LogP contribution in [0.4, 0.5) is 0 Å². The molecular weight excluding hydrogens is 234 g/mol. The number of amides is 2. The Hall–Kier alpha value is -1.92. The summed E-state index contributed by atoms with van der Waals surface area (Å²) in [6, 6.07) is 8.10. The first kappa shape index (κ1) is 14.1. The second-order valence-corrected chi connectivity index (χ2v) is 3.85. The third-order valence-electron chi connectivity index (χ3n) is 2.46. The summed E-state index contributed by atoms with van der Waals surface area (Å²) in [6.07, 6.45) is 0.953. The maximum atomic E-state index is 11.6. The molecular formula is C12H17N3O3. The molecule has 5 N–H and O–H groups in total. The van der Waals surface area contributed by atoms with E-state index in [2.05, 4.69) is 5.32 Å². The molecule has 0 heterocycles. The number of carbonyl (C=O) groups is 2. The first-order valence-corrected chi connectivity index (χ1v) is 5.68. The Morgan fingerprint density at radius 3 is 2.56 bits per heavy atom. The summed E-state index contributed by atoms with van der Waals surface area (Å²) >= 11 is 0. The first-order chi connectivity index (χ1) is 8.65. The summed E-state index contributed by atoms with van der Waals surface area (Å²) in [7, 11) is 0. The highest BCUT2D eigenvalue weighted by Gasteiger charge is 2.11. The van der Waals surface area contributed by atoms with Crippen LogP contribution in [-0.2, 0) is 4.79 Å². The van der Waals surface area contributed by atoms with Crippen molar-refractivity contribution in [3.63, 3.8) is 0 Å². The van der Waals surface area contributed by atoms with E-state index in [4.69, 9.17) is 10.9 Å². The monoisotopic (exact) mass is 251 g/mol. The molecule has 0 fully saturated rings. The summed E-state index contributed by atoms with van der Waals surface area (Å²) in [5.41, 5.74) is 7.55. The Balaban J connectivity index is 2.23. The zero-order valence-electron chi connectivity index (χ0n) is 9.93. The van der Waals surface area contributed by atoms with Crippen LogP contribution in [0.25, 0.3) is 0 Å². The summed E-state index contributed by atoms with van der Waals surface area (Å²) < 4.78 is 0. The molecule has 0 unspecified atom stereocenters. The largest absolute Gasteiger partial charge is 0.352 e. The quantitative estimate of drug-likeness (QED) is 0.325. The SMILES string of the molecule is N[C@@H](CCCNC(=O)c1ccccc1)C(=O)NO. The Bertz CT molecular complexity index is 395. The number of hydroxylamine groups is 1. The van der Waals surface area contributed by atoms with Gasteiger partial charge in [-0.1, -0.05) is 18.2 Å². The normalized spacial score (nSPS) is 11.7. The van der Waals surface area contributed by atoms with Gasteiger partial charge in [0.2, 0.25) is 0 Å². The number of nitrogens with one attached hydrogen (secondary N) is 2. The van der Waals surface area contributed by atoms with E-state index >= 15 is 0 Å². The van der Waals surface area contributed by atoms with Crippen LogP contribution in [0.3, 0.4) is 0 Å². The van der Waals surface area contributed by atoms with Gasteiger partial charge < -0.3 is 11.1 Å². The molecule has 2 amide bonds. The second kappa shape index (κ2) is 7.41. The zero-order chi connectivity index (χ0) is 13.4. The van der Waals surface area contributed by atoms with E-state index < -0.39 is 11.9 Å². The summed E-state index contributed by atoms with van der Waals surface area (Å²) in [6.45, 7) is 0.431. The molecule has 1 atom stereocenters. The van der Waals surface area contributed by atoms with Crippen molar-refractivity contribution in [3.05, 3.63) is 35.9 Å². The average molecular weight is 251 g/mol. The highest BCUT2D eigenvalue weighted by atomic mass is 16.5. The van der Waals surface area contributed by atoms with Gasteiger partial charge in [0.1, 0.15) is 0 Å². The molecule has 0 aliphatic heterocycles. The van der Waals surface area contributed by atoms with Crippen LogP contribution in [0.15, 0.2) is 30.3 Å². The van der Waals surface area contributed by atoms with Gasteiger partial charge in [-0.25, -0.2) is 5.48 Å². The molecule has 1 aromatic rings. The predicted octanol–water partition coefficient (Wildman–Crippen LogP) is 0.0293. The summed E-state index contributed by atoms with van der Waals surface area (Å²) in [5.74, 6) is -0.778. The Labute approximate surface area is 105 Å². The Morgan fingerprint density at radius 2 is 1.94 bits per heavy atom. The lowest BCUT2D eigenvalue weighted by Crippen LogP contribution is -2.39. The minimum absolute atomic E-state index is 0.157. The summed E-state index contributed by atoms with van der Waals surface area (Å²) in [5, 5.41) is 11.1. The van der Waals surface area contributed by atoms with Crippen LogP contribution in [0.2, 0.25) is 0 Å². The van der Waals surface area contributed by atoms with Crippen LogP contribution in [0.5, 0.6) is 0 Å². The van der Waals surface area contributed by atoms with Gasteiger partial charge in [0, 0.05) is 12.1 Å². The lowest BCUT2D eigenvalue weighted by Gasteiger charge is -2.09. The molecule has 0 aliphatic rings. The fourth-order valence-corrected chi connectivity index (χ4v) is 1.43. The topological polar surface area (TPSA) is 104 Å². The number of hydrogen-bond acceptors (Lipinski definition) is 4. The van der Waals surface area contributed by atoms with E-state index in [0.717, 1.165) is 0 Å². The highest BCUT2D eigenvalue weighted by Crippen LogP contribution is 1.98. The van der Waals surface area contributed by atoms with Gasteiger partial charge in [0.05, 0.1) is 6.04 Å². The van der Waals surface area contributed by atoms with Gasteiger partial charge >= 0.3 is 0 Å². The second-order valence-electron chi connectivity index (χ2n) is 3.85. The van der Waals surface area contributed by atoms with Crippen LogP contribution in [0, 0.1) is 0 Å². The number of rotatable bonds is 6. The van der Waals surface area contributed by atoms with Gasteiger partial charge in [-0.2, -0.15) is 0 Å². The Kier molecular flexibility index (Phi) is 5.83. The van der Waals surface area contributed by atoms with E-state index in [9.17, 15) is 9.59 Å². The molecule has 1 rings (SSSR count). The van der Waals surface area contributed by atoms with E-state index in [1.54, 1.807) is 24.3 Å². The van der Waals surface area contributed by atoms with Crippen LogP contribution < -0.4 is 16.5 Å². The molecule has 0 saturated carbocycles. The molecule has 6 nitrogen and oxygen atoms in total. The maximum absolute atomic E-state index is 11.6. The van der Waals surface area contributed by atoms with Gasteiger partial charge in [-0.15, -0.1) is 0 Å². The fourth-order valence-electron chi connectivity index (χ4n) is 1.43. The average Bonchev–Trinajstić information content (AvgIpc) is 2.43. The molecule has 6 heteroatoms. The molecule has 1 aromatic carbocycles. The predicted molar refractivity (Wildman–Crippen MR) is 65.9 cm³/mol. The third kappa shape index (κ3) is 4.52. The van der Waals surface area contributed by atoms with Crippen molar-refractivity contribution in [3.8, 4) is 0 Å². The summed E-state index contributed by atoms with van der Waals surface area (Å²) in [4.78, 5) is 22.5.